The predicted octanol–water partition coefficient (Wildman–Crippen LogP) is 1.61. The van der Waals surface area contributed by atoms with Gasteiger partial charge in [0.2, 0.25) is 0 Å². The highest BCUT2D eigenvalue weighted by Gasteiger charge is 2.25. The SMILES string of the molecule is O=C(O)C1NCCc2ccc(Cl)cc21. The minimum absolute atomic E-state index is 0.582. The van der Waals surface area contributed by atoms with E-state index < -0.39 is 12.0 Å². The highest BCUT2D eigenvalue weighted by atomic mass is 35.5. The third-order valence-corrected chi connectivity index (χ3v) is 2.64. The first kappa shape index (κ1) is 9.49. The van der Waals surface area contributed by atoms with Gasteiger partial charge in [-0.2, -0.15) is 0 Å². The molecule has 1 atom stereocenters. The number of carboxylic acids is 1. The summed E-state index contributed by atoms with van der Waals surface area (Å²) >= 11 is 5.83. The Bertz CT molecular complexity index is 378. The van der Waals surface area contributed by atoms with Crippen LogP contribution in [0.3, 0.4) is 0 Å². The monoisotopic (exact) mass is 211 g/mol. The molecule has 0 aromatic heterocycles. The van der Waals surface area contributed by atoms with Crippen molar-refractivity contribution in [2.75, 3.05) is 6.54 Å². The van der Waals surface area contributed by atoms with Crippen molar-refractivity contribution in [3.8, 4) is 0 Å². The van der Waals surface area contributed by atoms with E-state index in [9.17, 15) is 4.79 Å². The van der Waals surface area contributed by atoms with Crippen molar-refractivity contribution in [3.63, 3.8) is 0 Å². The van der Waals surface area contributed by atoms with Crippen LogP contribution in [0.15, 0.2) is 18.2 Å². The van der Waals surface area contributed by atoms with Crippen LogP contribution in [-0.4, -0.2) is 17.6 Å². The number of hydrogen-bond acceptors (Lipinski definition) is 2. The molecule has 4 heteroatoms. The van der Waals surface area contributed by atoms with E-state index in [-0.39, 0.29) is 0 Å². The molecule has 1 heterocycles. The summed E-state index contributed by atoms with van der Waals surface area (Å²) < 4.78 is 0. The third kappa shape index (κ3) is 1.61. The van der Waals surface area contributed by atoms with Gasteiger partial charge in [0.15, 0.2) is 0 Å². The van der Waals surface area contributed by atoms with Crippen LogP contribution >= 0.6 is 11.6 Å². The van der Waals surface area contributed by atoms with E-state index in [0.717, 1.165) is 17.5 Å². The van der Waals surface area contributed by atoms with Gasteiger partial charge in [-0.3, -0.25) is 4.79 Å². The van der Waals surface area contributed by atoms with Gasteiger partial charge in [-0.15, -0.1) is 0 Å². The fraction of sp³-hybridized carbons (Fsp3) is 0.300. The molecule has 2 N–H and O–H groups in total. The topological polar surface area (TPSA) is 49.3 Å². The van der Waals surface area contributed by atoms with E-state index in [0.29, 0.717) is 11.6 Å². The van der Waals surface area contributed by atoms with Gasteiger partial charge in [-0.25, -0.2) is 0 Å². The summed E-state index contributed by atoms with van der Waals surface area (Å²) in [6.45, 7) is 0.700. The summed E-state index contributed by atoms with van der Waals surface area (Å²) in [4.78, 5) is 10.9. The molecule has 3 nitrogen and oxygen atoms in total. The molecule has 0 radical (unpaired) electrons. The summed E-state index contributed by atoms with van der Waals surface area (Å²) in [5, 5.41) is 12.5. The molecular formula is C10H10ClNO2. The molecule has 0 fully saturated rings. The summed E-state index contributed by atoms with van der Waals surface area (Å²) in [6, 6.07) is 4.80. The van der Waals surface area contributed by atoms with E-state index in [1.807, 2.05) is 6.07 Å². The molecule has 0 amide bonds. The Labute approximate surface area is 86.7 Å². The van der Waals surface area contributed by atoms with Crippen LogP contribution in [0, 0.1) is 0 Å². The Kier molecular flexibility index (Phi) is 2.44. The zero-order chi connectivity index (χ0) is 10.1. The number of hydrogen-bond donors (Lipinski definition) is 2. The van der Waals surface area contributed by atoms with Gasteiger partial charge in [0.1, 0.15) is 6.04 Å². The van der Waals surface area contributed by atoms with Gasteiger partial charge in [0.25, 0.3) is 0 Å². The van der Waals surface area contributed by atoms with Crippen LogP contribution in [0.1, 0.15) is 17.2 Å². The maximum absolute atomic E-state index is 10.9. The molecular weight excluding hydrogens is 202 g/mol. The van der Waals surface area contributed by atoms with E-state index in [1.54, 1.807) is 12.1 Å². The standard InChI is InChI=1S/C10H10ClNO2/c11-7-2-1-6-3-4-12-9(10(13)14)8(6)5-7/h1-2,5,9,12H,3-4H2,(H,13,14). The minimum Gasteiger partial charge on any atom is -0.480 e. The zero-order valence-corrected chi connectivity index (χ0v) is 8.21. The van der Waals surface area contributed by atoms with Gasteiger partial charge in [0.05, 0.1) is 0 Å². The highest BCUT2D eigenvalue weighted by Crippen LogP contribution is 2.25. The lowest BCUT2D eigenvalue weighted by molar-refractivity contribution is -0.139. The van der Waals surface area contributed by atoms with Gasteiger partial charge in [0, 0.05) is 11.6 Å². The number of aliphatic carboxylic acids is 1. The molecule has 74 valence electrons. The average Bonchev–Trinajstić information content (AvgIpc) is 2.16. The first-order valence-electron chi connectivity index (χ1n) is 4.43. The van der Waals surface area contributed by atoms with Crippen molar-refractivity contribution in [3.05, 3.63) is 34.3 Å². The Hall–Kier alpha value is -1.06. The van der Waals surface area contributed by atoms with E-state index in [2.05, 4.69) is 5.32 Å². The maximum Gasteiger partial charge on any atom is 0.325 e. The van der Waals surface area contributed by atoms with Gasteiger partial charge in [-0.05, 0) is 29.7 Å². The molecule has 1 aromatic rings. The molecule has 2 rings (SSSR count). The smallest absolute Gasteiger partial charge is 0.325 e. The van der Waals surface area contributed by atoms with Crippen molar-refractivity contribution in [2.45, 2.75) is 12.5 Å². The summed E-state index contributed by atoms with van der Waals surface area (Å²) in [6.07, 6.45) is 0.857. The lowest BCUT2D eigenvalue weighted by atomic mass is 9.94. The highest BCUT2D eigenvalue weighted by molar-refractivity contribution is 6.30. The molecule has 1 aromatic carbocycles. The fourth-order valence-electron chi connectivity index (χ4n) is 1.74. The number of fused-ring (bicyclic) bond motifs is 1. The van der Waals surface area contributed by atoms with Gasteiger partial charge in [-0.1, -0.05) is 17.7 Å². The average molecular weight is 212 g/mol. The summed E-state index contributed by atoms with van der Waals surface area (Å²) in [7, 11) is 0. The Morgan fingerprint density at radius 2 is 2.36 bits per heavy atom. The molecule has 14 heavy (non-hydrogen) atoms. The molecule has 0 spiro atoms. The third-order valence-electron chi connectivity index (χ3n) is 2.41. The van der Waals surface area contributed by atoms with Crippen LogP contribution in [0.2, 0.25) is 5.02 Å². The van der Waals surface area contributed by atoms with E-state index in [1.165, 1.54) is 0 Å². The summed E-state index contributed by atoms with van der Waals surface area (Å²) in [5.41, 5.74) is 1.86. The van der Waals surface area contributed by atoms with Crippen molar-refractivity contribution < 1.29 is 9.90 Å². The van der Waals surface area contributed by atoms with Crippen molar-refractivity contribution in [1.82, 2.24) is 5.32 Å². The van der Waals surface area contributed by atoms with Crippen LogP contribution < -0.4 is 5.32 Å². The first-order chi connectivity index (χ1) is 6.68. The number of carboxylic acid groups (broad SMARTS) is 1. The van der Waals surface area contributed by atoms with Gasteiger partial charge >= 0.3 is 5.97 Å². The molecule has 0 saturated heterocycles. The normalized spacial score (nSPS) is 20.2. The molecule has 0 bridgehead atoms. The Morgan fingerprint density at radius 1 is 1.57 bits per heavy atom. The Balaban J connectivity index is 2.46. The lowest BCUT2D eigenvalue weighted by Gasteiger charge is -2.23. The van der Waals surface area contributed by atoms with Crippen LogP contribution in [0.4, 0.5) is 0 Å². The van der Waals surface area contributed by atoms with E-state index in [4.69, 9.17) is 16.7 Å². The van der Waals surface area contributed by atoms with E-state index >= 15 is 0 Å². The van der Waals surface area contributed by atoms with Crippen molar-refractivity contribution >= 4 is 17.6 Å². The quantitative estimate of drug-likeness (QED) is 0.742. The summed E-state index contributed by atoms with van der Waals surface area (Å²) in [5.74, 6) is -0.854. The lowest BCUT2D eigenvalue weighted by Crippen LogP contribution is -2.34. The second kappa shape index (κ2) is 3.59. The number of nitrogens with one attached hydrogen (secondary N) is 1. The first-order valence-corrected chi connectivity index (χ1v) is 4.81. The zero-order valence-electron chi connectivity index (χ0n) is 7.46. The fourth-order valence-corrected chi connectivity index (χ4v) is 1.92. The Morgan fingerprint density at radius 3 is 3.07 bits per heavy atom. The number of carbonyl (C=O) groups is 1. The predicted molar refractivity (Wildman–Crippen MR) is 53.5 cm³/mol. The van der Waals surface area contributed by atoms with Gasteiger partial charge < -0.3 is 10.4 Å². The van der Waals surface area contributed by atoms with Crippen LogP contribution in [-0.2, 0) is 11.2 Å². The second-order valence-corrected chi connectivity index (χ2v) is 3.75. The second-order valence-electron chi connectivity index (χ2n) is 3.32. The van der Waals surface area contributed by atoms with Crippen LogP contribution in [0.25, 0.3) is 0 Å². The van der Waals surface area contributed by atoms with Crippen molar-refractivity contribution in [2.24, 2.45) is 0 Å². The largest absolute Gasteiger partial charge is 0.480 e. The number of rotatable bonds is 1. The minimum atomic E-state index is -0.854. The number of benzene rings is 1. The van der Waals surface area contributed by atoms with Crippen LogP contribution in [0.5, 0.6) is 0 Å². The molecule has 1 unspecified atom stereocenters. The molecule has 1 aliphatic rings. The molecule has 1 aliphatic heterocycles. The molecule has 0 saturated carbocycles. The molecule has 0 aliphatic carbocycles. The maximum atomic E-state index is 10.9. The number of halogens is 1. The van der Waals surface area contributed by atoms with Crippen molar-refractivity contribution in [1.29, 1.82) is 0 Å².